The number of rotatable bonds is 6. The van der Waals surface area contributed by atoms with Crippen molar-refractivity contribution in [1.82, 2.24) is 4.98 Å². The summed E-state index contributed by atoms with van der Waals surface area (Å²) in [6.45, 7) is 5.86. The second-order valence-electron chi connectivity index (χ2n) is 4.88. The summed E-state index contributed by atoms with van der Waals surface area (Å²) in [4.78, 5) is 6.13. The number of nitrogens with one attached hydrogen (secondary N) is 1. The van der Waals surface area contributed by atoms with Crippen LogP contribution in [0.2, 0.25) is 15.2 Å². The molecule has 24 heavy (non-hydrogen) atoms. The molecule has 5 nitrogen and oxygen atoms in total. The van der Waals surface area contributed by atoms with Gasteiger partial charge in [-0.25, -0.2) is 4.98 Å². The van der Waals surface area contributed by atoms with E-state index in [0.717, 1.165) is 18.8 Å². The highest BCUT2D eigenvalue weighted by molar-refractivity contribution is 6.42. The highest BCUT2D eigenvalue weighted by atomic mass is 35.5. The zero-order valence-electron chi connectivity index (χ0n) is 13.2. The fourth-order valence-electron chi connectivity index (χ4n) is 2.11. The van der Waals surface area contributed by atoms with Gasteiger partial charge < -0.3 is 10.0 Å². The average molecular weight is 388 g/mol. The zero-order chi connectivity index (χ0) is 17.7. The molecule has 0 saturated heterocycles. The van der Waals surface area contributed by atoms with E-state index in [4.69, 9.17) is 34.8 Å². The predicted molar refractivity (Wildman–Crippen MR) is 102 cm³/mol. The monoisotopic (exact) mass is 386 g/mol. The number of anilines is 2. The summed E-state index contributed by atoms with van der Waals surface area (Å²) in [6, 6.07) is 6.90. The molecule has 1 aromatic carbocycles. The number of hydrogen-bond donors (Lipinski definition) is 2. The van der Waals surface area contributed by atoms with E-state index in [9.17, 15) is 5.11 Å². The number of nitrogens with zero attached hydrogens (tertiary/aromatic N) is 3. The number of halogens is 3. The quantitative estimate of drug-likeness (QED) is 0.414. The van der Waals surface area contributed by atoms with E-state index in [1.54, 1.807) is 12.1 Å². The second kappa shape index (κ2) is 8.42. The molecule has 1 heterocycles. The van der Waals surface area contributed by atoms with Crippen molar-refractivity contribution in [1.29, 1.82) is 0 Å². The Balaban J connectivity index is 2.14. The molecular formula is C16H17Cl3N4O. The van der Waals surface area contributed by atoms with E-state index in [1.165, 1.54) is 12.3 Å². The Morgan fingerprint density at radius 3 is 2.50 bits per heavy atom. The smallest absolute Gasteiger partial charge is 0.166 e. The van der Waals surface area contributed by atoms with Gasteiger partial charge in [-0.3, -0.25) is 5.43 Å². The number of benzene rings is 1. The molecule has 0 unspecified atom stereocenters. The Bertz CT molecular complexity index is 748. The lowest BCUT2D eigenvalue weighted by Gasteiger charge is -2.21. The van der Waals surface area contributed by atoms with Gasteiger partial charge >= 0.3 is 0 Å². The molecule has 0 atom stereocenters. The second-order valence-corrected chi connectivity index (χ2v) is 6.05. The first kappa shape index (κ1) is 18.6. The van der Waals surface area contributed by atoms with Crippen LogP contribution in [0.15, 0.2) is 29.4 Å². The van der Waals surface area contributed by atoms with Gasteiger partial charge in [-0.15, -0.1) is 0 Å². The van der Waals surface area contributed by atoms with Crippen LogP contribution in [0.4, 0.5) is 11.5 Å². The van der Waals surface area contributed by atoms with Crippen molar-refractivity contribution >= 4 is 52.5 Å². The number of hydrazone groups is 1. The molecule has 0 bridgehead atoms. The zero-order valence-corrected chi connectivity index (χ0v) is 15.5. The molecule has 0 radical (unpaired) electrons. The lowest BCUT2D eigenvalue weighted by molar-refractivity contribution is 0.474. The Kier molecular flexibility index (Phi) is 6.54. The lowest BCUT2D eigenvalue weighted by Crippen LogP contribution is -2.21. The minimum atomic E-state index is 0.130. The van der Waals surface area contributed by atoms with Gasteiger partial charge in [-0.2, -0.15) is 5.10 Å². The standard InChI is InChI=1S/C16H17Cl3N4O/c1-3-23(4-2)11-6-5-10(14(24)7-11)9-20-22-16-13(18)8-12(17)15(19)21-16/h5-9,24H,3-4H2,1-2H3,(H,21,22)/b20-9+. The van der Waals surface area contributed by atoms with Crippen molar-refractivity contribution in [3.63, 3.8) is 0 Å². The van der Waals surface area contributed by atoms with Gasteiger partial charge in [0.25, 0.3) is 0 Å². The third-order valence-corrected chi connectivity index (χ3v) is 4.36. The highest BCUT2D eigenvalue weighted by Gasteiger charge is 2.08. The molecular weight excluding hydrogens is 371 g/mol. The Morgan fingerprint density at radius 1 is 1.17 bits per heavy atom. The molecule has 8 heteroatoms. The summed E-state index contributed by atoms with van der Waals surface area (Å²) in [6.07, 6.45) is 1.47. The SMILES string of the molecule is CCN(CC)c1ccc(/C=N/Nc2nc(Cl)c(Cl)cc2Cl)c(O)c1. The van der Waals surface area contributed by atoms with Crippen molar-refractivity contribution in [3.8, 4) is 5.75 Å². The fourth-order valence-corrected chi connectivity index (χ4v) is 2.65. The van der Waals surface area contributed by atoms with Crippen LogP contribution in [0.3, 0.4) is 0 Å². The molecule has 128 valence electrons. The van der Waals surface area contributed by atoms with Gasteiger partial charge in [0.15, 0.2) is 5.82 Å². The summed E-state index contributed by atoms with van der Waals surface area (Å²) in [5.41, 5.74) is 4.20. The summed E-state index contributed by atoms with van der Waals surface area (Å²) in [5, 5.41) is 14.8. The van der Waals surface area contributed by atoms with Crippen molar-refractivity contribution in [2.45, 2.75) is 13.8 Å². The van der Waals surface area contributed by atoms with Crippen LogP contribution in [0, 0.1) is 0 Å². The maximum Gasteiger partial charge on any atom is 0.166 e. The van der Waals surface area contributed by atoms with Crippen molar-refractivity contribution in [2.75, 3.05) is 23.4 Å². The van der Waals surface area contributed by atoms with Crippen LogP contribution in [0.25, 0.3) is 0 Å². The van der Waals surface area contributed by atoms with E-state index in [-0.39, 0.29) is 21.7 Å². The molecule has 2 N–H and O–H groups in total. The molecule has 0 saturated carbocycles. The summed E-state index contributed by atoms with van der Waals surface area (Å²) < 4.78 is 0. The minimum Gasteiger partial charge on any atom is -0.507 e. The van der Waals surface area contributed by atoms with Crippen LogP contribution in [0.1, 0.15) is 19.4 Å². The number of phenolic OH excluding ortho intramolecular Hbond substituents is 1. The van der Waals surface area contributed by atoms with Gasteiger partial charge in [0.2, 0.25) is 0 Å². The van der Waals surface area contributed by atoms with E-state index in [2.05, 4.69) is 34.3 Å². The normalized spacial score (nSPS) is 11.0. The van der Waals surface area contributed by atoms with E-state index >= 15 is 0 Å². The van der Waals surface area contributed by atoms with E-state index in [0.29, 0.717) is 10.6 Å². The molecule has 0 aliphatic rings. The van der Waals surface area contributed by atoms with Gasteiger partial charge in [0.1, 0.15) is 10.9 Å². The third-order valence-electron chi connectivity index (χ3n) is 3.40. The molecule has 0 amide bonds. The summed E-state index contributed by atoms with van der Waals surface area (Å²) in [5.74, 6) is 0.416. The van der Waals surface area contributed by atoms with Gasteiger partial charge in [0, 0.05) is 30.4 Å². The first-order valence-corrected chi connectivity index (χ1v) is 8.48. The van der Waals surface area contributed by atoms with E-state index in [1.807, 2.05) is 6.07 Å². The first-order chi connectivity index (χ1) is 11.5. The molecule has 0 fully saturated rings. The molecule has 0 aliphatic carbocycles. The van der Waals surface area contributed by atoms with Crippen molar-refractivity contribution in [2.24, 2.45) is 5.10 Å². The maximum atomic E-state index is 10.1. The predicted octanol–water partition coefficient (Wildman–Crippen LogP) is 5.04. The van der Waals surface area contributed by atoms with Gasteiger partial charge in [0.05, 0.1) is 16.3 Å². The number of phenols is 1. The Labute approximate surface area is 155 Å². The van der Waals surface area contributed by atoms with Crippen LogP contribution >= 0.6 is 34.8 Å². The molecule has 0 aliphatic heterocycles. The van der Waals surface area contributed by atoms with Crippen molar-refractivity contribution < 1.29 is 5.11 Å². The average Bonchev–Trinajstić information content (AvgIpc) is 2.55. The molecule has 2 rings (SSSR count). The van der Waals surface area contributed by atoms with Gasteiger partial charge in [-0.1, -0.05) is 34.8 Å². The van der Waals surface area contributed by atoms with Crippen LogP contribution in [0.5, 0.6) is 5.75 Å². The lowest BCUT2D eigenvalue weighted by atomic mass is 10.2. The fraction of sp³-hybridized carbons (Fsp3) is 0.250. The van der Waals surface area contributed by atoms with Gasteiger partial charge in [-0.05, 0) is 32.0 Å². The van der Waals surface area contributed by atoms with E-state index < -0.39 is 0 Å². The Hall–Kier alpha value is -1.69. The topological polar surface area (TPSA) is 60.8 Å². The maximum absolute atomic E-state index is 10.1. The number of pyridine rings is 1. The Morgan fingerprint density at radius 2 is 1.88 bits per heavy atom. The molecule has 0 spiro atoms. The third kappa shape index (κ3) is 4.44. The first-order valence-electron chi connectivity index (χ1n) is 7.34. The van der Waals surface area contributed by atoms with Crippen molar-refractivity contribution in [3.05, 3.63) is 45.0 Å². The highest BCUT2D eigenvalue weighted by Crippen LogP contribution is 2.29. The molecule has 1 aromatic heterocycles. The van der Waals surface area contributed by atoms with Crippen LogP contribution < -0.4 is 10.3 Å². The summed E-state index contributed by atoms with van der Waals surface area (Å²) in [7, 11) is 0. The molecule has 2 aromatic rings. The number of aromatic nitrogens is 1. The largest absolute Gasteiger partial charge is 0.507 e. The van der Waals surface area contributed by atoms with Crippen LogP contribution in [-0.2, 0) is 0 Å². The van der Waals surface area contributed by atoms with Crippen LogP contribution in [-0.4, -0.2) is 29.4 Å². The number of hydrogen-bond acceptors (Lipinski definition) is 5. The summed E-state index contributed by atoms with van der Waals surface area (Å²) >= 11 is 17.7. The number of aromatic hydroxyl groups is 1. The minimum absolute atomic E-state index is 0.130.